The molecule has 2 nitrogen and oxygen atoms in total. The van der Waals surface area contributed by atoms with Crippen LogP contribution in [0.15, 0.2) is 0 Å². The van der Waals surface area contributed by atoms with Crippen LogP contribution in [0.25, 0.3) is 0 Å². The molecule has 0 saturated carbocycles. The Morgan fingerprint density at radius 1 is 1.54 bits per heavy atom. The average molecular weight is 185 g/mol. The molecular formula is C11H23NO. The third-order valence-corrected chi connectivity index (χ3v) is 3.14. The standard InChI is InChI=1S/C11H23NO/c1-4-10-8-12-6-5-11(10,13)7-9(2)3/h9-10,12-13H,4-8H2,1-3H3. The van der Waals surface area contributed by atoms with Gasteiger partial charge in [0.2, 0.25) is 0 Å². The van der Waals surface area contributed by atoms with E-state index in [0.717, 1.165) is 32.4 Å². The van der Waals surface area contributed by atoms with Gasteiger partial charge < -0.3 is 10.4 Å². The van der Waals surface area contributed by atoms with Gasteiger partial charge in [-0.3, -0.25) is 0 Å². The Labute approximate surface area is 81.7 Å². The van der Waals surface area contributed by atoms with Crippen LogP contribution in [-0.4, -0.2) is 23.8 Å². The third kappa shape index (κ3) is 2.68. The van der Waals surface area contributed by atoms with Crippen molar-refractivity contribution in [3.63, 3.8) is 0 Å². The van der Waals surface area contributed by atoms with Crippen LogP contribution in [0.4, 0.5) is 0 Å². The van der Waals surface area contributed by atoms with E-state index < -0.39 is 5.60 Å². The maximum Gasteiger partial charge on any atom is 0.0702 e. The molecule has 0 aromatic heterocycles. The first-order valence-electron chi connectivity index (χ1n) is 5.51. The monoisotopic (exact) mass is 185 g/mol. The number of aliphatic hydroxyl groups is 1. The van der Waals surface area contributed by atoms with Crippen molar-refractivity contribution < 1.29 is 5.11 Å². The minimum absolute atomic E-state index is 0.395. The predicted octanol–water partition coefficient (Wildman–Crippen LogP) is 1.78. The molecule has 1 aliphatic rings. The van der Waals surface area contributed by atoms with Gasteiger partial charge >= 0.3 is 0 Å². The van der Waals surface area contributed by atoms with Crippen LogP contribution in [-0.2, 0) is 0 Å². The molecule has 2 heteroatoms. The van der Waals surface area contributed by atoms with Crippen LogP contribution in [0.3, 0.4) is 0 Å². The normalized spacial score (nSPS) is 35.3. The zero-order chi connectivity index (χ0) is 9.90. The van der Waals surface area contributed by atoms with E-state index in [1.807, 2.05) is 0 Å². The first kappa shape index (κ1) is 11.0. The Kier molecular flexibility index (Phi) is 3.74. The van der Waals surface area contributed by atoms with Crippen LogP contribution in [0, 0.1) is 11.8 Å². The highest BCUT2D eigenvalue weighted by atomic mass is 16.3. The summed E-state index contributed by atoms with van der Waals surface area (Å²) in [5.41, 5.74) is -0.395. The molecule has 0 aromatic carbocycles. The molecule has 0 bridgehead atoms. The molecule has 78 valence electrons. The zero-order valence-electron chi connectivity index (χ0n) is 9.14. The Morgan fingerprint density at radius 2 is 2.23 bits per heavy atom. The van der Waals surface area contributed by atoms with Gasteiger partial charge in [-0.05, 0) is 37.6 Å². The van der Waals surface area contributed by atoms with Gasteiger partial charge in [0, 0.05) is 6.54 Å². The summed E-state index contributed by atoms with van der Waals surface area (Å²) in [7, 11) is 0. The summed E-state index contributed by atoms with van der Waals surface area (Å²) in [5.74, 6) is 1.04. The Balaban J connectivity index is 2.59. The molecule has 1 rings (SSSR count). The molecular weight excluding hydrogens is 162 g/mol. The van der Waals surface area contributed by atoms with Crippen molar-refractivity contribution in [1.29, 1.82) is 0 Å². The van der Waals surface area contributed by atoms with Gasteiger partial charge in [0.1, 0.15) is 0 Å². The first-order chi connectivity index (χ1) is 6.08. The van der Waals surface area contributed by atoms with E-state index in [1.165, 1.54) is 0 Å². The highest BCUT2D eigenvalue weighted by Gasteiger charge is 2.37. The number of hydrogen-bond acceptors (Lipinski definition) is 2. The number of nitrogens with one attached hydrogen (secondary N) is 1. The lowest BCUT2D eigenvalue weighted by molar-refractivity contribution is -0.0572. The predicted molar refractivity (Wildman–Crippen MR) is 55.7 cm³/mol. The van der Waals surface area contributed by atoms with Gasteiger partial charge in [0.05, 0.1) is 5.60 Å². The molecule has 2 N–H and O–H groups in total. The van der Waals surface area contributed by atoms with E-state index in [1.54, 1.807) is 0 Å². The summed E-state index contributed by atoms with van der Waals surface area (Å²) in [6.45, 7) is 8.50. The van der Waals surface area contributed by atoms with Gasteiger partial charge in [-0.2, -0.15) is 0 Å². The summed E-state index contributed by atoms with van der Waals surface area (Å²) in [6, 6.07) is 0. The molecule has 0 aromatic rings. The van der Waals surface area contributed by atoms with Crippen LogP contribution >= 0.6 is 0 Å². The molecule has 2 unspecified atom stereocenters. The SMILES string of the molecule is CCC1CNCCC1(O)CC(C)C. The van der Waals surface area contributed by atoms with Crippen molar-refractivity contribution in [2.45, 2.75) is 45.6 Å². The fourth-order valence-electron chi connectivity index (χ4n) is 2.48. The number of piperidine rings is 1. The van der Waals surface area contributed by atoms with Crippen LogP contribution in [0.2, 0.25) is 0 Å². The summed E-state index contributed by atoms with van der Waals surface area (Å²) >= 11 is 0. The van der Waals surface area contributed by atoms with Crippen molar-refractivity contribution in [2.24, 2.45) is 11.8 Å². The summed E-state index contributed by atoms with van der Waals surface area (Å²) in [4.78, 5) is 0. The highest BCUT2D eigenvalue weighted by molar-refractivity contribution is 4.91. The second-order valence-corrected chi connectivity index (χ2v) is 4.76. The molecule has 0 spiro atoms. The molecule has 13 heavy (non-hydrogen) atoms. The Morgan fingerprint density at radius 3 is 2.77 bits per heavy atom. The summed E-state index contributed by atoms with van der Waals surface area (Å²) in [6.07, 6.45) is 2.95. The van der Waals surface area contributed by atoms with Crippen LogP contribution < -0.4 is 5.32 Å². The maximum atomic E-state index is 10.5. The fourth-order valence-corrected chi connectivity index (χ4v) is 2.48. The largest absolute Gasteiger partial charge is 0.389 e. The number of hydrogen-bond donors (Lipinski definition) is 2. The molecule has 0 radical (unpaired) electrons. The van der Waals surface area contributed by atoms with Gasteiger partial charge in [-0.1, -0.05) is 20.8 Å². The topological polar surface area (TPSA) is 32.3 Å². The van der Waals surface area contributed by atoms with Crippen molar-refractivity contribution in [2.75, 3.05) is 13.1 Å². The van der Waals surface area contributed by atoms with E-state index in [-0.39, 0.29) is 0 Å². The second kappa shape index (κ2) is 4.43. The van der Waals surface area contributed by atoms with Crippen LogP contribution in [0.1, 0.15) is 40.0 Å². The fraction of sp³-hybridized carbons (Fsp3) is 1.00. The smallest absolute Gasteiger partial charge is 0.0702 e. The van der Waals surface area contributed by atoms with E-state index >= 15 is 0 Å². The minimum atomic E-state index is -0.395. The van der Waals surface area contributed by atoms with Crippen molar-refractivity contribution >= 4 is 0 Å². The quantitative estimate of drug-likeness (QED) is 0.702. The molecule has 1 fully saturated rings. The van der Waals surface area contributed by atoms with Gasteiger partial charge in [-0.25, -0.2) is 0 Å². The third-order valence-electron chi connectivity index (χ3n) is 3.14. The lowest BCUT2D eigenvalue weighted by Crippen LogP contribution is -2.50. The summed E-state index contributed by atoms with van der Waals surface area (Å²) < 4.78 is 0. The molecule has 1 aliphatic heterocycles. The first-order valence-corrected chi connectivity index (χ1v) is 5.51. The molecule has 2 atom stereocenters. The lowest BCUT2D eigenvalue weighted by Gasteiger charge is -2.41. The van der Waals surface area contributed by atoms with E-state index in [9.17, 15) is 5.11 Å². The van der Waals surface area contributed by atoms with Gasteiger partial charge in [0.15, 0.2) is 0 Å². The average Bonchev–Trinajstić information content (AvgIpc) is 2.03. The van der Waals surface area contributed by atoms with E-state index in [2.05, 4.69) is 26.1 Å². The second-order valence-electron chi connectivity index (χ2n) is 4.76. The van der Waals surface area contributed by atoms with Gasteiger partial charge in [-0.15, -0.1) is 0 Å². The molecule has 1 saturated heterocycles. The highest BCUT2D eigenvalue weighted by Crippen LogP contribution is 2.32. The zero-order valence-corrected chi connectivity index (χ0v) is 9.14. The summed E-state index contributed by atoms with van der Waals surface area (Å²) in [5, 5.41) is 13.8. The van der Waals surface area contributed by atoms with Crippen molar-refractivity contribution in [3.8, 4) is 0 Å². The molecule has 1 heterocycles. The Bertz CT molecular complexity index is 158. The maximum absolute atomic E-state index is 10.5. The van der Waals surface area contributed by atoms with Crippen molar-refractivity contribution in [3.05, 3.63) is 0 Å². The molecule has 0 aliphatic carbocycles. The van der Waals surface area contributed by atoms with E-state index in [4.69, 9.17) is 0 Å². The Hall–Kier alpha value is -0.0800. The van der Waals surface area contributed by atoms with E-state index in [0.29, 0.717) is 11.8 Å². The van der Waals surface area contributed by atoms with Gasteiger partial charge in [0.25, 0.3) is 0 Å². The number of rotatable bonds is 3. The molecule has 0 amide bonds. The van der Waals surface area contributed by atoms with Crippen molar-refractivity contribution in [1.82, 2.24) is 5.32 Å². The van der Waals surface area contributed by atoms with Crippen LogP contribution in [0.5, 0.6) is 0 Å². The lowest BCUT2D eigenvalue weighted by atomic mass is 9.75. The minimum Gasteiger partial charge on any atom is -0.389 e.